The second kappa shape index (κ2) is 8.19. The van der Waals surface area contributed by atoms with Crippen LogP contribution in [0.5, 0.6) is 0 Å². The van der Waals surface area contributed by atoms with Crippen molar-refractivity contribution in [1.29, 1.82) is 0 Å². The number of rotatable bonds is 6. The molecule has 0 atom stereocenters. The molecule has 2 aromatic carbocycles. The number of anilines is 1. The number of thioether (sulfide) groups is 1. The highest BCUT2D eigenvalue weighted by Crippen LogP contribution is 2.25. The van der Waals surface area contributed by atoms with Gasteiger partial charge in [-0.3, -0.25) is 4.79 Å². The molecule has 0 saturated carbocycles. The molecule has 1 amide bonds. The first kappa shape index (κ1) is 18.2. The van der Waals surface area contributed by atoms with E-state index >= 15 is 0 Å². The summed E-state index contributed by atoms with van der Waals surface area (Å²) in [6.45, 7) is 6.01. The molecule has 1 heterocycles. The smallest absolute Gasteiger partial charge is 0.277 e. The zero-order chi connectivity index (χ0) is 18.5. The van der Waals surface area contributed by atoms with E-state index in [1.54, 1.807) is 4.90 Å². The van der Waals surface area contributed by atoms with Crippen LogP contribution in [0.3, 0.4) is 0 Å². The van der Waals surface area contributed by atoms with Crippen LogP contribution < -0.4 is 4.90 Å². The maximum atomic E-state index is 12.7. The Morgan fingerprint density at radius 2 is 1.88 bits per heavy atom. The zero-order valence-corrected chi connectivity index (χ0v) is 15.9. The summed E-state index contributed by atoms with van der Waals surface area (Å²) in [5.41, 5.74) is 2.89. The summed E-state index contributed by atoms with van der Waals surface area (Å²) < 4.78 is 5.69. The summed E-state index contributed by atoms with van der Waals surface area (Å²) in [5, 5.41) is 8.52. The van der Waals surface area contributed by atoms with E-state index in [2.05, 4.69) is 10.2 Å². The summed E-state index contributed by atoms with van der Waals surface area (Å²) in [7, 11) is 0. The van der Waals surface area contributed by atoms with Crippen molar-refractivity contribution < 1.29 is 9.21 Å². The monoisotopic (exact) mass is 367 g/mol. The lowest BCUT2D eigenvalue weighted by Gasteiger charge is -2.26. The zero-order valence-electron chi connectivity index (χ0n) is 15.0. The van der Waals surface area contributed by atoms with Crippen LogP contribution in [0.15, 0.2) is 64.2 Å². The molecule has 0 saturated heterocycles. The second-order valence-electron chi connectivity index (χ2n) is 6.22. The number of hydrogen-bond acceptors (Lipinski definition) is 5. The summed E-state index contributed by atoms with van der Waals surface area (Å²) in [4.78, 5) is 14.5. The maximum absolute atomic E-state index is 12.7. The molecule has 0 bridgehead atoms. The van der Waals surface area contributed by atoms with Crippen LogP contribution in [0.2, 0.25) is 0 Å². The highest BCUT2D eigenvalue weighted by molar-refractivity contribution is 7.99. The maximum Gasteiger partial charge on any atom is 0.277 e. The van der Waals surface area contributed by atoms with Gasteiger partial charge >= 0.3 is 0 Å². The lowest BCUT2D eigenvalue weighted by molar-refractivity contribution is -0.116. The molecule has 0 unspecified atom stereocenters. The van der Waals surface area contributed by atoms with Gasteiger partial charge in [-0.1, -0.05) is 47.7 Å². The first-order chi connectivity index (χ1) is 12.5. The molecule has 0 fully saturated rings. The van der Waals surface area contributed by atoms with Crippen molar-refractivity contribution in [3.8, 4) is 11.5 Å². The number of amides is 1. The van der Waals surface area contributed by atoms with Gasteiger partial charge in [-0.05, 0) is 45.0 Å². The van der Waals surface area contributed by atoms with Gasteiger partial charge in [0.05, 0.1) is 5.75 Å². The van der Waals surface area contributed by atoms with Crippen molar-refractivity contribution in [2.24, 2.45) is 0 Å². The van der Waals surface area contributed by atoms with E-state index in [1.807, 2.05) is 75.4 Å². The third-order valence-electron chi connectivity index (χ3n) is 3.81. The Bertz CT molecular complexity index is 878. The first-order valence-corrected chi connectivity index (χ1v) is 9.43. The minimum Gasteiger partial charge on any atom is -0.411 e. The summed E-state index contributed by atoms with van der Waals surface area (Å²) in [6, 6.07) is 17.6. The van der Waals surface area contributed by atoms with Crippen molar-refractivity contribution in [3.05, 3.63) is 60.2 Å². The largest absolute Gasteiger partial charge is 0.411 e. The topological polar surface area (TPSA) is 59.2 Å². The number of benzene rings is 2. The Kier molecular flexibility index (Phi) is 5.73. The molecule has 0 aliphatic carbocycles. The molecule has 1 aromatic heterocycles. The SMILES string of the molecule is Cc1cccc(-c2nnc(SCC(=O)N(c3ccccc3)C(C)C)o2)c1. The number of aromatic nitrogens is 2. The molecular weight excluding hydrogens is 346 g/mol. The Hall–Kier alpha value is -2.60. The number of carbonyl (C=O) groups is 1. The number of para-hydroxylation sites is 1. The minimum atomic E-state index is 0.00602. The van der Waals surface area contributed by atoms with Crippen LogP contribution in [0.1, 0.15) is 19.4 Å². The molecule has 5 nitrogen and oxygen atoms in total. The standard InChI is InChI=1S/C20H21N3O2S/c1-14(2)23(17-10-5-4-6-11-17)18(24)13-26-20-22-21-19(25-20)16-9-7-8-15(3)12-16/h4-12,14H,13H2,1-3H3. The van der Waals surface area contributed by atoms with E-state index < -0.39 is 0 Å². The lowest BCUT2D eigenvalue weighted by Crippen LogP contribution is -2.38. The molecule has 3 rings (SSSR count). The van der Waals surface area contributed by atoms with Crippen LogP contribution >= 0.6 is 11.8 Å². The molecule has 0 aliphatic rings. The van der Waals surface area contributed by atoms with Crippen LogP contribution in [-0.2, 0) is 4.79 Å². The van der Waals surface area contributed by atoms with E-state index in [9.17, 15) is 4.79 Å². The number of aryl methyl sites for hydroxylation is 1. The number of carbonyl (C=O) groups excluding carboxylic acids is 1. The van der Waals surface area contributed by atoms with Crippen LogP contribution in [0.4, 0.5) is 5.69 Å². The Morgan fingerprint density at radius 3 is 2.58 bits per heavy atom. The molecule has 26 heavy (non-hydrogen) atoms. The van der Waals surface area contributed by atoms with Gasteiger partial charge in [0, 0.05) is 17.3 Å². The normalized spacial score (nSPS) is 10.9. The number of nitrogens with zero attached hydrogens (tertiary/aromatic N) is 3. The van der Waals surface area contributed by atoms with Crippen molar-refractivity contribution in [3.63, 3.8) is 0 Å². The van der Waals surface area contributed by atoms with Crippen LogP contribution in [0.25, 0.3) is 11.5 Å². The molecule has 134 valence electrons. The minimum absolute atomic E-state index is 0.00602. The van der Waals surface area contributed by atoms with Gasteiger partial charge in [0.2, 0.25) is 11.8 Å². The quantitative estimate of drug-likeness (QED) is 0.597. The first-order valence-electron chi connectivity index (χ1n) is 8.45. The highest BCUT2D eigenvalue weighted by Gasteiger charge is 2.20. The van der Waals surface area contributed by atoms with Gasteiger partial charge in [-0.2, -0.15) is 0 Å². The molecular formula is C20H21N3O2S. The molecule has 0 aliphatic heterocycles. The van der Waals surface area contributed by atoms with E-state index in [4.69, 9.17) is 4.42 Å². The fraction of sp³-hybridized carbons (Fsp3) is 0.250. The Labute approximate surface area is 157 Å². The van der Waals surface area contributed by atoms with Crippen molar-refractivity contribution in [1.82, 2.24) is 10.2 Å². The fourth-order valence-corrected chi connectivity index (χ4v) is 3.30. The Balaban J connectivity index is 1.68. The number of hydrogen-bond donors (Lipinski definition) is 0. The van der Waals surface area contributed by atoms with Crippen molar-refractivity contribution in [2.75, 3.05) is 10.7 Å². The van der Waals surface area contributed by atoms with Gasteiger partial charge in [-0.15, -0.1) is 10.2 Å². The molecule has 0 N–H and O–H groups in total. The van der Waals surface area contributed by atoms with E-state index in [0.717, 1.165) is 16.8 Å². The summed E-state index contributed by atoms with van der Waals surface area (Å²) in [5.74, 6) is 0.710. The molecule has 6 heteroatoms. The van der Waals surface area contributed by atoms with Gasteiger partial charge < -0.3 is 9.32 Å². The van der Waals surface area contributed by atoms with Crippen LogP contribution in [-0.4, -0.2) is 27.9 Å². The van der Waals surface area contributed by atoms with E-state index in [0.29, 0.717) is 11.1 Å². The average molecular weight is 367 g/mol. The van der Waals surface area contributed by atoms with Gasteiger partial charge in [0.25, 0.3) is 5.22 Å². The molecule has 3 aromatic rings. The van der Waals surface area contributed by atoms with Crippen LogP contribution in [0, 0.1) is 6.92 Å². The second-order valence-corrected chi connectivity index (χ2v) is 7.15. The molecule has 0 spiro atoms. The Morgan fingerprint density at radius 1 is 1.12 bits per heavy atom. The average Bonchev–Trinajstić information content (AvgIpc) is 3.10. The van der Waals surface area contributed by atoms with Gasteiger partial charge in [0.1, 0.15) is 0 Å². The molecule has 0 radical (unpaired) electrons. The fourth-order valence-electron chi connectivity index (χ4n) is 2.67. The predicted molar refractivity (Wildman–Crippen MR) is 104 cm³/mol. The summed E-state index contributed by atoms with van der Waals surface area (Å²) >= 11 is 1.26. The van der Waals surface area contributed by atoms with Gasteiger partial charge in [0.15, 0.2) is 0 Å². The van der Waals surface area contributed by atoms with Crippen molar-refractivity contribution in [2.45, 2.75) is 32.0 Å². The third-order valence-corrected chi connectivity index (χ3v) is 4.61. The van der Waals surface area contributed by atoms with Crippen molar-refractivity contribution >= 4 is 23.4 Å². The predicted octanol–water partition coefficient (Wildman–Crippen LogP) is 4.58. The summed E-state index contributed by atoms with van der Waals surface area (Å²) in [6.07, 6.45) is 0. The van der Waals surface area contributed by atoms with E-state index in [-0.39, 0.29) is 17.7 Å². The third kappa shape index (κ3) is 4.32. The van der Waals surface area contributed by atoms with E-state index in [1.165, 1.54) is 11.8 Å². The van der Waals surface area contributed by atoms with Gasteiger partial charge in [-0.25, -0.2) is 0 Å². The highest BCUT2D eigenvalue weighted by atomic mass is 32.2. The lowest BCUT2D eigenvalue weighted by atomic mass is 10.1.